The van der Waals surface area contributed by atoms with Gasteiger partial charge in [0, 0.05) is 6.54 Å². The summed E-state index contributed by atoms with van der Waals surface area (Å²) in [6.45, 7) is -1.15. The van der Waals surface area contributed by atoms with E-state index in [1.54, 1.807) is 0 Å². The number of nitrogens with one attached hydrogen (secondary N) is 1. The highest BCUT2D eigenvalue weighted by molar-refractivity contribution is 5.82. The minimum absolute atomic E-state index is 0.122. The quantitative estimate of drug-likeness (QED) is 0.754. The predicted octanol–water partition coefficient (Wildman–Crippen LogP) is 1.96. The summed E-state index contributed by atoms with van der Waals surface area (Å²) in [5, 5.41) is 1.97. The van der Waals surface area contributed by atoms with Crippen molar-refractivity contribution in [2.75, 3.05) is 13.1 Å². The molecule has 0 unspecified atom stereocenters. The summed E-state index contributed by atoms with van der Waals surface area (Å²) < 4.78 is 36.1. The topological polar surface area (TPSA) is 55.1 Å². The lowest BCUT2D eigenvalue weighted by Gasteiger charge is -2.30. The van der Waals surface area contributed by atoms with Gasteiger partial charge < -0.3 is 11.1 Å². The highest BCUT2D eigenvalue weighted by Gasteiger charge is 2.39. The fraction of sp³-hybridized carbons (Fsp3) is 0.909. The van der Waals surface area contributed by atoms with Crippen LogP contribution in [-0.2, 0) is 4.79 Å². The molecule has 1 rings (SSSR count). The van der Waals surface area contributed by atoms with E-state index in [9.17, 15) is 18.0 Å². The average molecular weight is 252 g/mol. The number of alkyl halides is 3. The van der Waals surface area contributed by atoms with Gasteiger partial charge in [0.2, 0.25) is 5.91 Å². The molecule has 0 aromatic heterocycles. The first-order chi connectivity index (χ1) is 7.90. The molecule has 0 aliphatic heterocycles. The lowest BCUT2D eigenvalue weighted by Crippen LogP contribution is -2.48. The third kappa shape index (κ3) is 4.18. The first-order valence-electron chi connectivity index (χ1n) is 5.95. The van der Waals surface area contributed by atoms with Gasteiger partial charge in [0.15, 0.2) is 0 Å². The minimum Gasteiger partial charge on any atom is -0.346 e. The summed E-state index contributed by atoms with van der Waals surface area (Å²) in [5.74, 6) is -0.542. The molecular formula is C11H19F3N2O. The molecular weight excluding hydrogens is 233 g/mol. The fourth-order valence-corrected chi connectivity index (χ4v) is 2.30. The van der Waals surface area contributed by atoms with Gasteiger partial charge >= 0.3 is 6.18 Å². The summed E-state index contributed by atoms with van der Waals surface area (Å²) in [6, 6.07) is 0. The van der Waals surface area contributed by atoms with Crippen molar-refractivity contribution in [3.05, 3.63) is 0 Å². The molecule has 100 valence electrons. The monoisotopic (exact) mass is 252 g/mol. The Morgan fingerprint density at radius 3 is 2.12 bits per heavy atom. The average Bonchev–Trinajstić information content (AvgIpc) is 2.51. The molecule has 1 saturated carbocycles. The molecule has 1 aliphatic rings. The van der Waals surface area contributed by atoms with E-state index in [2.05, 4.69) is 0 Å². The molecule has 3 N–H and O–H groups in total. The van der Waals surface area contributed by atoms with E-state index in [1.807, 2.05) is 5.32 Å². The van der Waals surface area contributed by atoms with Crippen LogP contribution in [0, 0.1) is 5.41 Å². The zero-order chi connectivity index (χ0) is 12.9. The summed E-state index contributed by atoms with van der Waals surface area (Å²) in [4.78, 5) is 11.9. The molecule has 0 spiro atoms. The van der Waals surface area contributed by atoms with Crippen LogP contribution in [0.5, 0.6) is 0 Å². The molecule has 0 aromatic rings. The highest BCUT2D eigenvalue weighted by Crippen LogP contribution is 2.34. The Morgan fingerprint density at radius 1 is 1.18 bits per heavy atom. The summed E-state index contributed by atoms with van der Waals surface area (Å²) in [6.07, 6.45) is 0.576. The molecule has 1 amide bonds. The highest BCUT2D eigenvalue weighted by atomic mass is 19.4. The SMILES string of the molecule is NCC1(C(=O)NCC(F)(F)F)CCCCCC1. The van der Waals surface area contributed by atoms with Crippen molar-refractivity contribution in [2.45, 2.75) is 44.7 Å². The van der Waals surface area contributed by atoms with Gasteiger partial charge in [-0.05, 0) is 12.8 Å². The van der Waals surface area contributed by atoms with Crippen LogP contribution in [0.4, 0.5) is 13.2 Å². The second-order valence-corrected chi connectivity index (χ2v) is 4.70. The van der Waals surface area contributed by atoms with Crippen molar-refractivity contribution in [3.63, 3.8) is 0 Å². The van der Waals surface area contributed by atoms with Crippen LogP contribution in [0.15, 0.2) is 0 Å². The van der Waals surface area contributed by atoms with Gasteiger partial charge in [0.1, 0.15) is 6.54 Å². The van der Waals surface area contributed by atoms with E-state index in [4.69, 9.17) is 5.73 Å². The van der Waals surface area contributed by atoms with Crippen LogP contribution in [0.1, 0.15) is 38.5 Å². The largest absolute Gasteiger partial charge is 0.405 e. The Bertz CT molecular complexity index is 258. The van der Waals surface area contributed by atoms with Crippen molar-refractivity contribution in [2.24, 2.45) is 11.1 Å². The normalized spacial score (nSPS) is 20.7. The minimum atomic E-state index is -4.36. The van der Waals surface area contributed by atoms with Crippen molar-refractivity contribution in [3.8, 4) is 0 Å². The second kappa shape index (κ2) is 5.71. The number of halogens is 3. The summed E-state index contributed by atoms with van der Waals surface area (Å²) in [7, 11) is 0. The molecule has 6 heteroatoms. The first kappa shape index (κ1) is 14.3. The molecule has 0 radical (unpaired) electrons. The van der Waals surface area contributed by atoms with Gasteiger partial charge in [-0.3, -0.25) is 4.79 Å². The third-order valence-corrected chi connectivity index (χ3v) is 3.38. The summed E-state index contributed by atoms with van der Waals surface area (Å²) in [5.41, 5.74) is 4.82. The van der Waals surface area contributed by atoms with Gasteiger partial charge in [-0.1, -0.05) is 25.7 Å². The zero-order valence-corrected chi connectivity index (χ0v) is 9.78. The number of amides is 1. The Kier molecular flexibility index (Phi) is 4.80. The lowest BCUT2D eigenvalue weighted by atomic mass is 9.79. The molecule has 0 saturated heterocycles. The van der Waals surface area contributed by atoms with Gasteiger partial charge in [0.05, 0.1) is 5.41 Å². The number of nitrogens with two attached hydrogens (primary N) is 1. The molecule has 3 nitrogen and oxygen atoms in total. The van der Waals surface area contributed by atoms with Gasteiger partial charge in [-0.15, -0.1) is 0 Å². The van der Waals surface area contributed by atoms with Crippen molar-refractivity contribution in [1.82, 2.24) is 5.32 Å². The molecule has 0 bridgehead atoms. The maximum atomic E-state index is 12.0. The van der Waals surface area contributed by atoms with Crippen LogP contribution in [0.3, 0.4) is 0 Å². The number of rotatable bonds is 3. The van der Waals surface area contributed by atoms with Crippen LogP contribution in [0.25, 0.3) is 0 Å². The second-order valence-electron chi connectivity index (χ2n) is 4.70. The molecule has 0 atom stereocenters. The Morgan fingerprint density at radius 2 is 1.71 bits per heavy atom. The van der Waals surface area contributed by atoms with Gasteiger partial charge in [0.25, 0.3) is 0 Å². The van der Waals surface area contributed by atoms with E-state index in [-0.39, 0.29) is 6.54 Å². The number of hydrogen-bond donors (Lipinski definition) is 2. The Hall–Kier alpha value is -0.780. The van der Waals surface area contributed by atoms with E-state index in [1.165, 1.54) is 0 Å². The molecule has 1 fully saturated rings. The van der Waals surface area contributed by atoms with Crippen LogP contribution >= 0.6 is 0 Å². The molecule has 0 heterocycles. The van der Waals surface area contributed by atoms with Crippen molar-refractivity contribution in [1.29, 1.82) is 0 Å². The van der Waals surface area contributed by atoms with Crippen LogP contribution in [-0.4, -0.2) is 25.2 Å². The summed E-state index contributed by atoms with van der Waals surface area (Å²) >= 11 is 0. The van der Waals surface area contributed by atoms with E-state index in [0.29, 0.717) is 12.8 Å². The smallest absolute Gasteiger partial charge is 0.346 e. The predicted molar refractivity (Wildman–Crippen MR) is 58.3 cm³/mol. The Labute approximate surface area is 98.9 Å². The van der Waals surface area contributed by atoms with Crippen LogP contribution in [0.2, 0.25) is 0 Å². The standard InChI is InChI=1S/C11H19F3N2O/c12-11(13,14)8-16-9(17)10(7-15)5-3-1-2-4-6-10/h1-8,15H2,(H,16,17). The molecule has 0 aromatic carbocycles. The third-order valence-electron chi connectivity index (χ3n) is 3.38. The fourth-order valence-electron chi connectivity index (χ4n) is 2.30. The molecule has 1 aliphatic carbocycles. The lowest BCUT2D eigenvalue weighted by molar-refractivity contribution is -0.145. The maximum absolute atomic E-state index is 12.0. The van der Waals surface area contributed by atoms with E-state index < -0.39 is 24.0 Å². The number of carbonyl (C=O) groups is 1. The van der Waals surface area contributed by atoms with Crippen molar-refractivity contribution < 1.29 is 18.0 Å². The maximum Gasteiger partial charge on any atom is 0.405 e. The molecule has 17 heavy (non-hydrogen) atoms. The first-order valence-corrected chi connectivity index (χ1v) is 5.95. The number of hydrogen-bond acceptors (Lipinski definition) is 2. The Balaban J connectivity index is 2.61. The van der Waals surface area contributed by atoms with Crippen molar-refractivity contribution >= 4 is 5.91 Å². The van der Waals surface area contributed by atoms with E-state index >= 15 is 0 Å². The van der Waals surface area contributed by atoms with Gasteiger partial charge in [-0.2, -0.15) is 13.2 Å². The van der Waals surface area contributed by atoms with E-state index in [0.717, 1.165) is 25.7 Å². The van der Waals surface area contributed by atoms with Crippen LogP contribution < -0.4 is 11.1 Å². The zero-order valence-electron chi connectivity index (χ0n) is 9.78. The number of carbonyl (C=O) groups excluding carboxylic acids is 1. The van der Waals surface area contributed by atoms with Gasteiger partial charge in [-0.25, -0.2) is 0 Å².